The van der Waals surface area contributed by atoms with E-state index in [4.69, 9.17) is 0 Å². The molecule has 0 fully saturated rings. The van der Waals surface area contributed by atoms with Gasteiger partial charge in [0.25, 0.3) is 0 Å². The molecule has 0 bridgehead atoms. The summed E-state index contributed by atoms with van der Waals surface area (Å²) in [6.45, 7) is 3.26. The van der Waals surface area contributed by atoms with Gasteiger partial charge in [-0.2, -0.15) is 74.6 Å². The summed E-state index contributed by atoms with van der Waals surface area (Å²) < 4.78 is 227. The number of halogens is 17. The van der Waals surface area contributed by atoms with E-state index in [0.29, 0.717) is 0 Å². The van der Waals surface area contributed by atoms with Gasteiger partial charge < -0.3 is 0 Å². The fraction of sp³-hybridized carbons (Fsp3) is 0.550. The highest BCUT2D eigenvalue weighted by Crippen LogP contribution is 2.64. The highest BCUT2D eigenvalue weighted by Gasteiger charge is 2.95. The Balaban J connectivity index is 3.69. The van der Waals surface area contributed by atoms with E-state index in [1.165, 1.54) is 0 Å². The summed E-state index contributed by atoms with van der Waals surface area (Å²) in [6.07, 6.45) is -8.14. The van der Waals surface area contributed by atoms with Crippen molar-refractivity contribution in [2.45, 2.75) is 67.3 Å². The molecule has 1 aromatic heterocycles. The monoisotopic (exact) mass is 667 g/mol. The molecule has 1 heterocycles. The number of hydrogen-bond acceptors (Lipinski definition) is 3. The van der Waals surface area contributed by atoms with Crippen LogP contribution in [0, 0.1) is 0 Å². The minimum atomic E-state index is -8.77. The molecule has 0 saturated heterocycles. The van der Waals surface area contributed by atoms with Crippen molar-refractivity contribution in [3.05, 3.63) is 68.9 Å². The molecule has 0 N–H and O–H groups in total. The molecule has 0 saturated carbocycles. The molecule has 1 aromatic rings. The zero-order valence-corrected chi connectivity index (χ0v) is 20.3. The Morgan fingerprint density at radius 2 is 0.744 bits per heavy atom. The molecular formula is C20H14F17N3O3. The molecular weight excluding hydrogens is 653 g/mol. The molecule has 0 spiro atoms. The van der Waals surface area contributed by atoms with Crippen molar-refractivity contribution in [1.29, 1.82) is 0 Å². The Morgan fingerprint density at radius 1 is 0.465 bits per heavy atom. The zero-order chi connectivity index (χ0) is 34.4. The van der Waals surface area contributed by atoms with E-state index in [1.54, 1.807) is 0 Å². The predicted molar refractivity (Wildman–Crippen MR) is 109 cm³/mol. The highest BCUT2D eigenvalue weighted by molar-refractivity contribution is 5.18. The maximum absolute atomic E-state index is 14.0. The van der Waals surface area contributed by atoms with Crippen LogP contribution in [0.3, 0.4) is 0 Å². The van der Waals surface area contributed by atoms with Crippen LogP contribution in [0.2, 0.25) is 0 Å². The number of hydrogen-bond donors (Lipinski definition) is 0. The quantitative estimate of drug-likeness (QED) is 0.217. The van der Waals surface area contributed by atoms with E-state index in [-0.39, 0.29) is 13.7 Å². The molecule has 6 nitrogen and oxygen atoms in total. The van der Waals surface area contributed by atoms with Crippen LogP contribution in [0.5, 0.6) is 0 Å². The van der Waals surface area contributed by atoms with Gasteiger partial charge in [-0.15, -0.1) is 13.2 Å². The number of rotatable bonds is 13. The first kappa shape index (κ1) is 37.5. The Labute approximate surface area is 225 Å². The van der Waals surface area contributed by atoms with Gasteiger partial charge >= 0.3 is 64.7 Å². The van der Waals surface area contributed by atoms with Crippen LogP contribution in [0.4, 0.5) is 74.6 Å². The van der Waals surface area contributed by atoms with E-state index in [1.807, 2.05) is 0 Å². The summed E-state index contributed by atoms with van der Waals surface area (Å²) in [4.78, 5) is 36.8. The van der Waals surface area contributed by atoms with Gasteiger partial charge in [-0.1, -0.05) is 18.2 Å². The normalized spacial score (nSPS) is 14.8. The molecule has 0 aliphatic heterocycles. The smallest absolute Gasteiger partial charge is 0.247 e. The lowest BCUT2D eigenvalue weighted by Gasteiger charge is -2.42. The van der Waals surface area contributed by atoms with E-state index in [0.717, 1.165) is 12.2 Å². The van der Waals surface area contributed by atoms with Crippen molar-refractivity contribution >= 4 is 0 Å². The molecule has 43 heavy (non-hydrogen) atoms. The summed E-state index contributed by atoms with van der Waals surface area (Å²) in [5, 5.41) is 0. The second kappa shape index (κ2) is 11.2. The van der Waals surface area contributed by atoms with Gasteiger partial charge in [0.15, 0.2) is 0 Å². The van der Waals surface area contributed by atoms with Gasteiger partial charge in [0.1, 0.15) is 0 Å². The minimum absolute atomic E-state index is 0.187. The first-order chi connectivity index (χ1) is 19.0. The summed E-state index contributed by atoms with van der Waals surface area (Å²) in [7, 11) is 0. The average molecular weight is 667 g/mol. The number of allylic oxidation sites excluding steroid dienone is 4. The van der Waals surface area contributed by atoms with Gasteiger partial charge in [-0.05, 0) is 6.08 Å². The van der Waals surface area contributed by atoms with Crippen molar-refractivity contribution in [2.75, 3.05) is 0 Å². The third-order valence-electron chi connectivity index (χ3n) is 5.37. The Bertz CT molecular complexity index is 1380. The molecule has 1 rings (SSSR count). The number of nitrogens with zero attached hydrogens (tertiary/aromatic N) is 3. The minimum Gasteiger partial charge on any atom is -0.247 e. The van der Waals surface area contributed by atoms with Crippen LogP contribution in [-0.4, -0.2) is 61.3 Å². The van der Waals surface area contributed by atoms with Crippen LogP contribution < -0.4 is 17.1 Å². The fourth-order valence-electron chi connectivity index (χ4n) is 3.00. The van der Waals surface area contributed by atoms with Crippen LogP contribution >= 0.6 is 0 Å². The van der Waals surface area contributed by atoms with Crippen LogP contribution in [0.25, 0.3) is 0 Å². The van der Waals surface area contributed by atoms with Crippen molar-refractivity contribution in [3.63, 3.8) is 0 Å². The average Bonchev–Trinajstić information content (AvgIpc) is 2.85. The van der Waals surface area contributed by atoms with Crippen molar-refractivity contribution in [1.82, 2.24) is 13.7 Å². The summed E-state index contributed by atoms with van der Waals surface area (Å²) in [5.74, 6) is -57.8. The second-order valence-electron chi connectivity index (χ2n) is 8.23. The van der Waals surface area contributed by atoms with Crippen LogP contribution in [-0.2, 0) is 19.6 Å². The molecule has 0 aliphatic rings. The Kier molecular flexibility index (Phi) is 9.74. The van der Waals surface area contributed by atoms with Crippen LogP contribution in [0.15, 0.2) is 51.8 Å². The third kappa shape index (κ3) is 5.49. The van der Waals surface area contributed by atoms with Crippen molar-refractivity contribution in [3.8, 4) is 0 Å². The maximum Gasteiger partial charge on any atom is 0.460 e. The van der Waals surface area contributed by atoms with Crippen molar-refractivity contribution in [2.24, 2.45) is 0 Å². The van der Waals surface area contributed by atoms with Crippen LogP contribution in [0.1, 0.15) is 0 Å². The number of alkyl halides is 17. The molecule has 0 aromatic carbocycles. The van der Waals surface area contributed by atoms with Gasteiger partial charge in [0.2, 0.25) is 0 Å². The third-order valence-corrected chi connectivity index (χ3v) is 5.37. The Hall–Kier alpha value is -3.56. The molecule has 23 heteroatoms. The standard InChI is InChI=1S/C20H14F17N3O3/c1-3-7-38-10(41)39(8-4-2)12(43)40(11(38)42)9-5-6-13(21,22)14(23,24)15(25,26)16(27,28)17(29,30)18(31,32)19(33,34)20(35,36)37/h3-6H,1-2,7-9H2/b6-5+. The molecule has 0 amide bonds. The van der Waals surface area contributed by atoms with Gasteiger partial charge in [0, 0.05) is 0 Å². The van der Waals surface area contributed by atoms with E-state index >= 15 is 0 Å². The highest BCUT2D eigenvalue weighted by atomic mass is 19.4. The number of aromatic nitrogens is 3. The van der Waals surface area contributed by atoms with E-state index in [2.05, 4.69) is 13.2 Å². The molecule has 0 aliphatic carbocycles. The van der Waals surface area contributed by atoms with E-state index < -0.39 is 96.5 Å². The van der Waals surface area contributed by atoms with Gasteiger partial charge in [-0.25, -0.2) is 28.1 Å². The first-order valence-electron chi connectivity index (χ1n) is 10.5. The molecule has 246 valence electrons. The Morgan fingerprint density at radius 3 is 1.05 bits per heavy atom. The van der Waals surface area contributed by atoms with Crippen molar-refractivity contribution < 1.29 is 74.6 Å². The molecule has 0 atom stereocenters. The van der Waals surface area contributed by atoms with Gasteiger partial charge in [0.05, 0.1) is 19.6 Å². The summed E-state index contributed by atoms with van der Waals surface area (Å²) in [6, 6.07) is 0. The lowest BCUT2D eigenvalue weighted by molar-refractivity contribution is -0.459. The fourth-order valence-corrected chi connectivity index (χ4v) is 3.00. The summed E-state index contributed by atoms with van der Waals surface area (Å²) >= 11 is 0. The SMILES string of the molecule is C=CCn1c(=O)n(CC=C)c(=O)n(C/C=C/C(F)(F)C(F)(F)C(F)(F)C(F)(F)C(F)(F)C(F)(F)C(F)(F)C(F)(F)F)c1=O. The summed E-state index contributed by atoms with van der Waals surface area (Å²) in [5.41, 5.74) is -4.72. The predicted octanol–water partition coefficient (Wildman–Crippen LogP) is 5.11. The topological polar surface area (TPSA) is 66.0 Å². The maximum atomic E-state index is 14.0. The largest absolute Gasteiger partial charge is 0.460 e. The lowest BCUT2D eigenvalue weighted by Crippen LogP contribution is -2.74. The molecule has 0 radical (unpaired) electrons. The zero-order valence-electron chi connectivity index (χ0n) is 20.3. The second-order valence-corrected chi connectivity index (χ2v) is 8.23. The first-order valence-corrected chi connectivity index (χ1v) is 10.5. The lowest BCUT2D eigenvalue weighted by atomic mass is 9.89. The van der Waals surface area contributed by atoms with Gasteiger partial charge in [-0.3, -0.25) is 0 Å². The van der Waals surface area contributed by atoms with E-state index in [9.17, 15) is 89.0 Å². The molecule has 0 unspecified atom stereocenters.